The lowest BCUT2D eigenvalue weighted by molar-refractivity contribution is -0.124. The van der Waals surface area contributed by atoms with Crippen LogP contribution in [0.3, 0.4) is 0 Å². The molecule has 1 saturated heterocycles. The highest BCUT2D eigenvalue weighted by molar-refractivity contribution is 7.89. The van der Waals surface area contributed by atoms with Crippen LogP contribution in [0.1, 0.15) is 12.8 Å². The Morgan fingerprint density at radius 2 is 1.70 bits per heavy atom. The Kier molecular flexibility index (Phi) is 6.36. The van der Waals surface area contributed by atoms with Gasteiger partial charge in [0.05, 0.1) is 4.90 Å². The second-order valence-corrected chi connectivity index (χ2v) is 8.68. The lowest BCUT2D eigenvalue weighted by Crippen LogP contribution is -2.47. The Bertz CT molecular complexity index is 864. The van der Waals surface area contributed by atoms with Crippen LogP contribution >= 0.6 is 11.6 Å². The molecule has 1 N–H and O–H groups in total. The van der Waals surface area contributed by atoms with Gasteiger partial charge < -0.3 is 10.1 Å². The summed E-state index contributed by atoms with van der Waals surface area (Å²) >= 11 is 5.80. The van der Waals surface area contributed by atoms with Gasteiger partial charge in [-0.3, -0.25) is 4.79 Å². The van der Waals surface area contributed by atoms with Crippen LogP contribution in [0.5, 0.6) is 5.75 Å². The summed E-state index contributed by atoms with van der Waals surface area (Å²) in [7, 11) is -3.48. The Morgan fingerprint density at radius 3 is 2.33 bits per heavy atom. The number of nitrogens with one attached hydrogen (secondary N) is 1. The molecule has 27 heavy (non-hydrogen) atoms. The maximum Gasteiger partial charge on any atom is 0.258 e. The van der Waals surface area contributed by atoms with Crippen molar-refractivity contribution in [1.29, 1.82) is 0 Å². The van der Waals surface area contributed by atoms with Gasteiger partial charge in [-0.2, -0.15) is 4.31 Å². The van der Waals surface area contributed by atoms with E-state index >= 15 is 0 Å². The summed E-state index contributed by atoms with van der Waals surface area (Å²) in [6.45, 7) is 0.657. The lowest BCUT2D eigenvalue weighted by Gasteiger charge is -2.31. The highest BCUT2D eigenvalue weighted by Crippen LogP contribution is 2.20. The fourth-order valence-corrected chi connectivity index (χ4v) is 4.55. The summed E-state index contributed by atoms with van der Waals surface area (Å²) in [6, 6.07) is 15.1. The number of nitrogens with zero attached hydrogens (tertiary/aromatic N) is 1. The normalized spacial score (nSPS) is 16.0. The molecule has 0 aliphatic carbocycles. The molecule has 1 aliphatic heterocycles. The molecule has 0 aromatic heterocycles. The number of hydrogen-bond donors (Lipinski definition) is 1. The number of rotatable bonds is 6. The number of ether oxygens (including phenoxy) is 1. The van der Waals surface area contributed by atoms with Crippen molar-refractivity contribution in [3.8, 4) is 5.75 Å². The Labute approximate surface area is 164 Å². The van der Waals surface area contributed by atoms with Gasteiger partial charge in [-0.15, -0.1) is 0 Å². The van der Waals surface area contributed by atoms with E-state index in [-0.39, 0.29) is 18.6 Å². The van der Waals surface area contributed by atoms with Gasteiger partial charge in [0.25, 0.3) is 5.91 Å². The molecule has 0 saturated carbocycles. The number of carbonyl (C=O) groups is 1. The van der Waals surface area contributed by atoms with Crippen LogP contribution in [0, 0.1) is 0 Å². The summed E-state index contributed by atoms with van der Waals surface area (Å²) in [5.41, 5.74) is 0. The molecule has 0 radical (unpaired) electrons. The van der Waals surface area contributed by atoms with E-state index in [9.17, 15) is 13.2 Å². The molecule has 1 heterocycles. The highest BCUT2D eigenvalue weighted by Gasteiger charge is 2.29. The van der Waals surface area contributed by atoms with Crippen molar-refractivity contribution in [1.82, 2.24) is 9.62 Å². The predicted octanol–water partition coefficient (Wildman–Crippen LogP) is 2.69. The summed E-state index contributed by atoms with van der Waals surface area (Å²) in [5, 5.41) is 3.50. The van der Waals surface area contributed by atoms with E-state index in [0.717, 1.165) is 0 Å². The zero-order valence-corrected chi connectivity index (χ0v) is 16.2. The van der Waals surface area contributed by atoms with Crippen molar-refractivity contribution in [2.24, 2.45) is 0 Å². The third kappa shape index (κ3) is 5.22. The van der Waals surface area contributed by atoms with Crippen LogP contribution < -0.4 is 10.1 Å². The van der Waals surface area contributed by atoms with Crippen molar-refractivity contribution in [3.63, 3.8) is 0 Å². The minimum Gasteiger partial charge on any atom is -0.484 e. The monoisotopic (exact) mass is 408 g/mol. The van der Waals surface area contributed by atoms with E-state index in [1.54, 1.807) is 54.6 Å². The number of benzene rings is 2. The van der Waals surface area contributed by atoms with Crippen molar-refractivity contribution < 1.29 is 17.9 Å². The largest absolute Gasteiger partial charge is 0.484 e. The van der Waals surface area contributed by atoms with Gasteiger partial charge in [-0.05, 0) is 49.2 Å². The van der Waals surface area contributed by atoms with Crippen LogP contribution in [-0.2, 0) is 14.8 Å². The molecule has 1 fully saturated rings. The number of carbonyl (C=O) groups excluding carboxylic acids is 1. The summed E-state index contributed by atoms with van der Waals surface area (Å²) < 4.78 is 32.1. The molecule has 144 valence electrons. The first-order valence-corrected chi connectivity index (χ1v) is 10.5. The minimum atomic E-state index is -3.48. The molecule has 2 aromatic rings. The second-order valence-electron chi connectivity index (χ2n) is 6.30. The smallest absolute Gasteiger partial charge is 0.258 e. The second kappa shape index (κ2) is 8.73. The van der Waals surface area contributed by atoms with Crippen molar-refractivity contribution >= 4 is 27.5 Å². The van der Waals surface area contributed by atoms with Crippen LogP contribution in [-0.4, -0.2) is 44.4 Å². The van der Waals surface area contributed by atoms with E-state index in [0.29, 0.717) is 41.6 Å². The number of hydrogen-bond acceptors (Lipinski definition) is 4. The van der Waals surface area contributed by atoms with Crippen molar-refractivity contribution in [2.75, 3.05) is 19.7 Å². The lowest BCUT2D eigenvalue weighted by atomic mass is 10.1. The molecule has 0 spiro atoms. The minimum absolute atomic E-state index is 0.0615. The van der Waals surface area contributed by atoms with E-state index in [1.165, 1.54) is 4.31 Å². The van der Waals surface area contributed by atoms with E-state index in [1.807, 2.05) is 0 Å². The number of sulfonamides is 1. The Balaban J connectivity index is 1.46. The molecule has 1 aliphatic rings. The molecule has 3 rings (SSSR count). The fourth-order valence-electron chi connectivity index (χ4n) is 2.93. The number of amides is 1. The van der Waals surface area contributed by atoms with Gasteiger partial charge in [-0.1, -0.05) is 29.8 Å². The maximum absolute atomic E-state index is 12.6. The fraction of sp³-hybridized carbons (Fsp3) is 0.316. The molecular weight excluding hydrogens is 388 g/mol. The topological polar surface area (TPSA) is 75.7 Å². The third-order valence-electron chi connectivity index (χ3n) is 4.38. The van der Waals surface area contributed by atoms with Gasteiger partial charge in [0.1, 0.15) is 5.75 Å². The third-order valence-corrected chi connectivity index (χ3v) is 6.55. The molecule has 8 heteroatoms. The van der Waals surface area contributed by atoms with Gasteiger partial charge in [-0.25, -0.2) is 8.42 Å². The van der Waals surface area contributed by atoms with Gasteiger partial charge in [0, 0.05) is 24.2 Å². The van der Waals surface area contributed by atoms with Crippen LogP contribution in [0.2, 0.25) is 5.02 Å². The average molecular weight is 409 g/mol. The number of piperidine rings is 1. The first-order valence-electron chi connectivity index (χ1n) is 8.68. The van der Waals surface area contributed by atoms with Gasteiger partial charge in [0.2, 0.25) is 10.0 Å². The van der Waals surface area contributed by atoms with E-state index in [2.05, 4.69) is 5.32 Å². The summed E-state index contributed by atoms with van der Waals surface area (Å²) in [5.74, 6) is 0.340. The molecule has 0 bridgehead atoms. The summed E-state index contributed by atoms with van der Waals surface area (Å²) in [6.07, 6.45) is 1.14. The Hall–Kier alpha value is -2.09. The first-order chi connectivity index (χ1) is 12.9. The zero-order valence-electron chi connectivity index (χ0n) is 14.7. The standard InChI is InChI=1S/C19H21ClN2O4S/c20-15-6-8-17(9-7-15)26-14-19(23)21-16-10-12-22(13-11-16)27(24,25)18-4-2-1-3-5-18/h1-9,16H,10-14H2,(H,21,23). The molecule has 1 amide bonds. The van der Waals surface area contributed by atoms with Crippen molar-refractivity contribution in [2.45, 2.75) is 23.8 Å². The highest BCUT2D eigenvalue weighted by atomic mass is 35.5. The van der Waals surface area contributed by atoms with E-state index < -0.39 is 10.0 Å². The van der Waals surface area contributed by atoms with Crippen molar-refractivity contribution in [3.05, 3.63) is 59.6 Å². The maximum atomic E-state index is 12.6. The molecule has 6 nitrogen and oxygen atoms in total. The van der Waals surface area contributed by atoms with E-state index in [4.69, 9.17) is 16.3 Å². The predicted molar refractivity (Wildman–Crippen MR) is 103 cm³/mol. The molecule has 0 atom stereocenters. The quantitative estimate of drug-likeness (QED) is 0.797. The van der Waals surface area contributed by atoms with Crippen LogP contribution in [0.4, 0.5) is 0 Å². The zero-order chi connectivity index (χ0) is 19.3. The average Bonchev–Trinajstić information content (AvgIpc) is 2.69. The molecule has 2 aromatic carbocycles. The molecular formula is C19H21ClN2O4S. The first kappa shape index (κ1) is 19.7. The molecule has 0 unspecified atom stereocenters. The Morgan fingerprint density at radius 1 is 1.07 bits per heavy atom. The van der Waals surface area contributed by atoms with Gasteiger partial charge in [0.15, 0.2) is 6.61 Å². The van der Waals surface area contributed by atoms with Gasteiger partial charge >= 0.3 is 0 Å². The van der Waals surface area contributed by atoms with Crippen LogP contribution in [0.15, 0.2) is 59.5 Å². The summed E-state index contributed by atoms with van der Waals surface area (Å²) in [4.78, 5) is 12.4. The number of halogens is 1. The van der Waals surface area contributed by atoms with Crippen LogP contribution in [0.25, 0.3) is 0 Å². The SMILES string of the molecule is O=C(COc1ccc(Cl)cc1)NC1CCN(S(=O)(=O)c2ccccc2)CC1.